The highest BCUT2D eigenvalue weighted by atomic mass is 32.1. The van der Waals surface area contributed by atoms with Crippen LogP contribution in [0.25, 0.3) is 22.1 Å². The predicted octanol–water partition coefficient (Wildman–Crippen LogP) is 5.68. The second-order valence-corrected chi connectivity index (χ2v) is 8.05. The Labute approximate surface area is 194 Å². The van der Waals surface area contributed by atoms with Gasteiger partial charge in [-0.3, -0.25) is 4.79 Å². The molecule has 33 heavy (non-hydrogen) atoms. The second-order valence-electron chi connectivity index (χ2n) is 7.17. The fourth-order valence-electron chi connectivity index (χ4n) is 3.54. The van der Waals surface area contributed by atoms with Crippen LogP contribution in [0.4, 0.5) is 5.00 Å². The molecule has 0 spiro atoms. The molecule has 0 fully saturated rings. The molecule has 7 heteroatoms. The lowest BCUT2D eigenvalue weighted by Crippen LogP contribution is -2.21. The summed E-state index contributed by atoms with van der Waals surface area (Å²) in [4.78, 5) is 38.4. The largest absolute Gasteiger partial charge is 0.462 e. The molecule has 0 aliphatic carbocycles. The van der Waals surface area contributed by atoms with Gasteiger partial charge in [-0.05, 0) is 30.5 Å². The zero-order valence-corrected chi connectivity index (χ0v) is 18.7. The molecular weight excluding hydrogens is 438 g/mol. The molecule has 2 heterocycles. The zero-order chi connectivity index (χ0) is 23.4. The molecule has 0 radical (unpaired) electrons. The first-order valence-corrected chi connectivity index (χ1v) is 11.2. The van der Waals surface area contributed by atoms with Crippen LogP contribution in [0, 0.1) is 0 Å². The predicted molar refractivity (Wildman–Crippen MR) is 130 cm³/mol. The van der Waals surface area contributed by atoms with E-state index in [0.29, 0.717) is 28.0 Å². The molecule has 0 aliphatic heterocycles. The second kappa shape index (κ2) is 9.67. The van der Waals surface area contributed by atoms with Gasteiger partial charge in [-0.25, -0.2) is 9.59 Å². The van der Waals surface area contributed by atoms with Crippen molar-refractivity contribution in [2.24, 2.45) is 0 Å². The van der Waals surface area contributed by atoms with Gasteiger partial charge in [0.15, 0.2) is 0 Å². The highest BCUT2D eigenvalue weighted by Gasteiger charge is 2.24. The number of amides is 1. The summed E-state index contributed by atoms with van der Waals surface area (Å²) >= 11 is 1.19. The molecule has 4 rings (SSSR count). The van der Waals surface area contributed by atoms with Gasteiger partial charge in [0.05, 0.1) is 6.61 Å². The number of benzene rings is 2. The van der Waals surface area contributed by atoms with Crippen molar-refractivity contribution in [3.63, 3.8) is 0 Å². The number of hydrogen-bond acceptors (Lipinski definition) is 6. The Balaban J connectivity index is 1.73. The van der Waals surface area contributed by atoms with Crippen molar-refractivity contribution < 1.29 is 18.7 Å². The van der Waals surface area contributed by atoms with E-state index >= 15 is 0 Å². The lowest BCUT2D eigenvalue weighted by molar-refractivity contribution is 0.0529. The molecule has 0 saturated carbocycles. The van der Waals surface area contributed by atoms with Gasteiger partial charge < -0.3 is 14.5 Å². The van der Waals surface area contributed by atoms with Gasteiger partial charge in [-0.2, -0.15) is 0 Å². The first-order chi connectivity index (χ1) is 16.0. The van der Waals surface area contributed by atoms with Crippen molar-refractivity contribution in [3.8, 4) is 11.1 Å². The van der Waals surface area contributed by atoms with Gasteiger partial charge in [0.25, 0.3) is 5.91 Å². The van der Waals surface area contributed by atoms with E-state index < -0.39 is 17.5 Å². The van der Waals surface area contributed by atoms with Gasteiger partial charge in [-0.15, -0.1) is 17.9 Å². The maximum atomic E-state index is 13.0. The van der Waals surface area contributed by atoms with E-state index in [1.54, 1.807) is 24.4 Å². The number of allylic oxidation sites excluding steroid dienone is 1. The standard InChI is InChI=1S/C26H21NO5S/c1-3-9-17-12-8-13-18-14-19(25(29)32-22(17)18)23(28)27-24-21(26(30)31-4-2)20(15-33-24)16-10-6-5-7-11-16/h3,5-8,10-15H,1,4,9H2,2H3,(H,27,28). The summed E-state index contributed by atoms with van der Waals surface area (Å²) in [5.74, 6) is -1.21. The number of rotatable bonds is 7. The smallest absolute Gasteiger partial charge is 0.349 e. The van der Waals surface area contributed by atoms with Crippen LogP contribution >= 0.6 is 11.3 Å². The minimum atomic E-state index is -0.756. The monoisotopic (exact) mass is 459 g/mol. The number of nitrogens with one attached hydrogen (secondary N) is 1. The molecule has 0 bridgehead atoms. The van der Waals surface area contributed by atoms with Gasteiger partial charge in [0, 0.05) is 16.3 Å². The molecule has 0 saturated heterocycles. The van der Waals surface area contributed by atoms with Crippen LogP contribution in [-0.2, 0) is 11.2 Å². The van der Waals surface area contributed by atoms with E-state index in [2.05, 4.69) is 11.9 Å². The Morgan fingerprint density at radius 1 is 1.15 bits per heavy atom. The Hall–Kier alpha value is -3.97. The first kappa shape index (κ1) is 22.2. The molecule has 6 nitrogen and oxygen atoms in total. The first-order valence-electron chi connectivity index (χ1n) is 10.4. The van der Waals surface area contributed by atoms with E-state index in [4.69, 9.17) is 9.15 Å². The minimum absolute atomic E-state index is 0.150. The molecule has 2 aromatic carbocycles. The van der Waals surface area contributed by atoms with Crippen molar-refractivity contribution in [2.45, 2.75) is 13.3 Å². The number of thiophene rings is 1. The highest BCUT2D eigenvalue weighted by molar-refractivity contribution is 7.15. The third kappa shape index (κ3) is 4.49. The Kier molecular flexibility index (Phi) is 6.51. The van der Waals surface area contributed by atoms with Gasteiger partial charge >= 0.3 is 11.6 Å². The summed E-state index contributed by atoms with van der Waals surface area (Å²) in [5, 5.41) is 5.41. The Bertz CT molecular complexity index is 1400. The molecule has 0 unspecified atom stereocenters. The van der Waals surface area contributed by atoms with E-state index in [9.17, 15) is 14.4 Å². The maximum absolute atomic E-state index is 13.0. The van der Waals surface area contributed by atoms with Crippen molar-refractivity contribution in [2.75, 3.05) is 11.9 Å². The summed E-state index contributed by atoms with van der Waals surface area (Å²) in [6.45, 7) is 5.62. The molecule has 1 amide bonds. The molecule has 2 aromatic heterocycles. The maximum Gasteiger partial charge on any atom is 0.349 e. The molecule has 0 aliphatic rings. The third-order valence-corrected chi connectivity index (χ3v) is 5.93. The quantitative estimate of drug-likeness (QED) is 0.218. The lowest BCUT2D eigenvalue weighted by Gasteiger charge is -2.09. The van der Waals surface area contributed by atoms with Crippen molar-refractivity contribution in [1.82, 2.24) is 0 Å². The Morgan fingerprint density at radius 2 is 1.94 bits per heavy atom. The molecule has 166 valence electrons. The normalized spacial score (nSPS) is 10.7. The molecule has 0 atom stereocenters. The SMILES string of the molecule is C=CCc1cccc2cc(C(=O)Nc3scc(-c4ccccc4)c3C(=O)OCC)c(=O)oc12. The number of carbonyl (C=O) groups is 2. The molecule has 4 aromatic rings. The summed E-state index contributed by atoms with van der Waals surface area (Å²) in [6, 6.07) is 16.3. The third-order valence-electron chi connectivity index (χ3n) is 5.03. The number of anilines is 1. The van der Waals surface area contributed by atoms with E-state index in [0.717, 1.165) is 11.1 Å². The van der Waals surface area contributed by atoms with Crippen LogP contribution in [0.5, 0.6) is 0 Å². The van der Waals surface area contributed by atoms with Gasteiger partial charge in [0.2, 0.25) is 0 Å². The average Bonchev–Trinajstić information content (AvgIpc) is 3.23. The van der Waals surface area contributed by atoms with Crippen molar-refractivity contribution in [3.05, 3.63) is 99.7 Å². The molecular formula is C26H21NO5S. The average molecular weight is 460 g/mol. The van der Waals surface area contributed by atoms with E-state index in [1.165, 1.54) is 17.4 Å². The van der Waals surface area contributed by atoms with E-state index in [-0.39, 0.29) is 17.7 Å². The summed E-state index contributed by atoms with van der Waals surface area (Å²) in [6.07, 6.45) is 2.25. The van der Waals surface area contributed by atoms with Crippen LogP contribution < -0.4 is 10.9 Å². The van der Waals surface area contributed by atoms with Crippen LogP contribution in [0.3, 0.4) is 0 Å². The fraction of sp³-hybridized carbons (Fsp3) is 0.115. The number of ether oxygens (including phenoxy) is 1. The minimum Gasteiger partial charge on any atom is -0.462 e. The number of hydrogen-bond donors (Lipinski definition) is 1. The molecule has 1 N–H and O–H groups in total. The van der Waals surface area contributed by atoms with Gasteiger partial charge in [-0.1, -0.05) is 54.6 Å². The van der Waals surface area contributed by atoms with Crippen LogP contribution in [-0.4, -0.2) is 18.5 Å². The number of esters is 1. The summed E-state index contributed by atoms with van der Waals surface area (Å²) in [7, 11) is 0. The van der Waals surface area contributed by atoms with Gasteiger partial charge in [0.1, 0.15) is 21.7 Å². The summed E-state index contributed by atoms with van der Waals surface area (Å²) in [5.41, 5.74) is 2.04. The van der Waals surface area contributed by atoms with Crippen LogP contribution in [0.15, 0.2) is 81.8 Å². The van der Waals surface area contributed by atoms with E-state index in [1.807, 2.05) is 42.5 Å². The zero-order valence-electron chi connectivity index (χ0n) is 17.9. The number of fused-ring (bicyclic) bond motifs is 1. The summed E-state index contributed by atoms with van der Waals surface area (Å²) < 4.78 is 10.7. The van der Waals surface area contributed by atoms with Crippen molar-refractivity contribution in [1.29, 1.82) is 0 Å². The number of para-hydroxylation sites is 1. The van der Waals surface area contributed by atoms with Crippen LogP contribution in [0.1, 0.15) is 33.2 Å². The number of carbonyl (C=O) groups excluding carboxylic acids is 2. The fourth-order valence-corrected chi connectivity index (χ4v) is 4.49. The Morgan fingerprint density at radius 3 is 2.67 bits per heavy atom. The van der Waals surface area contributed by atoms with Crippen LogP contribution in [0.2, 0.25) is 0 Å². The van der Waals surface area contributed by atoms with Crippen molar-refractivity contribution >= 4 is 39.2 Å². The highest BCUT2D eigenvalue weighted by Crippen LogP contribution is 2.36. The topological polar surface area (TPSA) is 85.6 Å². The lowest BCUT2D eigenvalue weighted by atomic mass is 10.0.